The number of aliphatic carboxylic acids is 1. The molecule has 0 aliphatic heterocycles. The van der Waals surface area contributed by atoms with Crippen LogP contribution < -0.4 is 14.8 Å². The van der Waals surface area contributed by atoms with Crippen LogP contribution in [-0.2, 0) is 9.59 Å². The first-order chi connectivity index (χ1) is 12.6. The Morgan fingerprint density at radius 3 is 2.44 bits per heavy atom. The zero-order valence-corrected chi connectivity index (χ0v) is 14.8. The minimum absolute atomic E-state index is 0.000446. The van der Waals surface area contributed by atoms with Crippen LogP contribution in [0.15, 0.2) is 24.3 Å². The lowest BCUT2D eigenvalue weighted by molar-refractivity contribution is -0.154. The first-order valence-corrected chi connectivity index (χ1v) is 8.56. The molecule has 0 radical (unpaired) electrons. The van der Waals surface area contributed by atoms with Gasteiger partial charge in [0, 0.05) is 0 Å². The van der Waals surface area contributed by atoms with Crippen LogP contribution in [0.5, 0.6) is 11.5 Å². The van der Waals surface area contributed by atoms with Gasteiger partial charge in [-0.25, -0.2) is 0 Å². The van der Waals surface area contributed by atoms with Crippen LogP contribution in [0.4, 0.5) is 13.2 Å². The summed E-state index contributed by atoms with van der Waals surface area (Å²) < 4.78 is 46.9. The van der Waals surface area contributed by atoms with Gasteiger partial charge in [0.15, 0.2) is 24.7 Å². The van der Waals surface area contributed by atoms with Gasteiger partial charge in [0.25, 0.3) is 5.91 Å². The number of para-hydroxylation sites is 2. The third-order valence-corrected chi connectivity index (χ3v) is 4.53. The van der Waals surface area contributed by atoms with E-state index in [0.717, 1.165) is 12.8 Å². The second kappa shape index (κ2) is 8.49. The second-order valence-electron chi connectivity index (χ2n) is 6.74. The molecule has 9 heteroatoms. The van der Waals surface area contributed by atoms with Gasteiger partial charge in [-0.15, -0.1) is 0 Å². The highest BCUT2D eigenvalue weighted by Crippen LogP contribution is 2.34. The molecule has 2 N–H and O–H groups in total. The fourth-order valence-electron chi connectivity index (χ4n) is 3.23. The molecule has 1 saturated carbocycles. The van der Waals surface area contributed by atoms with Crippen LogP contribution in [0.3, 0.4) is 0 Å². The van der Waals surface area contributed by atoms with E-state index in [1.54, 1.807) is 6.92 Å². The lowest BCUT2D eigenvalue weighted by Gasteiger charge is -2.39. The van der Waals surface area contributed by atoms with Gasteiger partial charge in [-0.05, 0) is 31.9 Å². The maximum absolute atomic E-state index is 12.3. The molecule has 1 aliphatic carbocycles. The van der Waals surface area contributed by atoms with Crippen LogP contribution in [-0.4, -0.2) is 41.9 Å². The first-order valence-electron chi connectivity index (χ1n) is 8.56. The zero-order chi connectivity index (χ0) is 20.1. The Labute approximate surface area is 154 Å². The quantitative estimate of drug-likeness (QED) is 0.748. The molecule has 1 aromatic rings. The largest absolute Gasteiger partial charge is 0.481 e. The van der Waals surface area contributed by atoms with E-state index in [-0.39, 0.29) is 11.5 Å². The predicted octanol–water partition coefficient (Wildman–Crippen LogP) is 3.16. The molecule has 6 nitrogen and oxygen atoms in total. The smallest absolute Gasteiger partial charge is 0.422 e. The number of alkyl halides is 3. The minimum atomic E-state index is -4.49. The fraction of sp³-hybridized carbons (Fsp3) is 0.556. The maximum Gasteiger partial charge on any atom is 0.422 e. The van der Waals surface area contributed by atoms with Crippen LogP contribution >= 0.6 is 0 Å². The monoisotopic (exact) mass is 389 g/mol. The topological polar surface area (TPSA) is 84.9 Å². The summed E-state index contributed by atoms with van der Waals surface area (Å²) in [6.45, 7) is -0.254. The molecule has 0 saturated heterocycles. The number of carbonyl (C=O) groups is 2. The number of benzene rings is 1. The van der Waals surface area contributed by atoms with Crippen LogP contribution in [0.25, 0.3) is 0 Å². The summed E-state index contributed by atoms with van der Waals surface area (Å²) >= 11 is 0. The molecule has 2 atom stereocenters. The van der Waals surface area contributed by atoms with Crippen molar-refractivity contribution in [3.63, 3.8) is 0 Å². The summed E-state index contributed by atoms with van der Waals surface area (Å²) in [6.07, 6.45) is -1.91. The highest BCUT2D eigenvalue weighted by atomic mass is 19.4. The molecule has 0 aromatic heterocycles. The van der Waals surface area contributed by atoms with Crippen molar-refractivity contribution in [2.24, 2.45) is 5.92 Å². The van der Waals surface area contributed by atoms with Gasteiger partial charge >= 0.3 is 12.1 Å². The van der Waals surface area contributed by atoms with Crippen molar-refractivity contribution in [2.75, 3.05) is 13.2 Å². The molecule has 2 rings (SSSR count). The van der Waals surface area contributed by atoms with Gasteiger partial charge in [-0.2, -0.15) is 13.2 Å². The van der Waals surface area contributed by atoms with Crippen molar-refractivity contribution in [3.8, 4) is 11.5 Å². The number of hydrogen-bond acceptors (Lipinski definition) is 4. The molecule has 1 amide bonds. The van der Waals surface area contributed by atoms with E-state index in [0.29, 0.717) is 12.8 Å². The molecule has 0 spiro atoms. The van der Waals surface area contributed by atoms with E-state index >= 15 is 0 Å². The third kappa shape index (κ3) is 6.04. The molecule has 150 valence electrons. The van der Waals surface area contributed by atoms with Crippen molar-refractivity contribution in [3.05, 3.63) is 24.3 Å². The Balaban J connectivity index is 1.96. The lowest BCUT2D eigenvalue weighted by atomic mass is 9.74. The van der Waals surface area contributed by atoms with Gasteiger partial charge in [0.2, 0.25) is 0 Å². The summed E-state index contributed by atoms with van der Waals surface area (Å²) in [5.74, 6) is -2.34. The van der Waals surface area contributed by atoms with Crippen LogP contribution in [0.2, 0.25) is 0 Å². The molecule has 0 heterocycles. The van der Waals surface area contributed by atoms with E-state index in [2.05, 4.69) is 5.32 Å². The standard InChI is InChI=1S/C18H22F3NO5/c1-17(9-5-4-6-12(17)16(24)25)22-15(23)10-26-13-7-2-3-8-14(13)27-11-18(19,20)21/h2-3,7-8,12H,4-6,9-11H2,1H3,(H,22,23)(H,24,25). The van der Waals surface area contributed by atoms with Crippen molar-refractivity contribution < 1.29 is 37.3 Å². The average Bonchev–Trinajstić information content (AvgIpc) is 2.58. The number of carboxylic acids is 1. The molecular formula is C18H22F3NO5. The molecule has 1 fully saturated rings. The third-order valence-electron chi connectivity index (χ3n) is 4.53. The van der Waals surface area contributed by atoms with E-state index in [1.165, 1.54) is 24.3 Å². The Morgan fingerprint density at radius 1 is 1.22 bits per heavy atom. The number of hydrogen-bond donors (Lipinski definition) is 2. The van der Waals surface area contributed by atoms with E-state index in [9.17, 15) is 27.9 Å². The number of ether oxygens (including phenoxy) is 2. The maximum atomic E-state index is 12.3. The molecular weight excluding hydrogens is 367 g/mol. The Hall–Kier alpha value is -2.45. The normalized spacial score (nSPS) is 22.7. The molecule has 1 aromatic carbocycles. The zero-order valence-electron chi connectivity index (χ0n) is 14.8. The molecule has 2 unspecified atom stereocenters. The average molecular weight is 389 g/mol. The SMILES string of the molecule is CC1(NC(=O)COc2ccccc2OCC(F)(F)F)CCCCC1C(=O)O. The van der Waals surface area contributed by atoms with Crippen molar-refractivity contribution in [1.29, 1.82) is 0 Å². The van der Waals surface area contributed by atoms with Gasteiger partial charge in [-0.1, -0.05) is 25.0 Å². The first kappa shape index (κ1) is 20.9. The number of rotatable bonds is 7. The minimum Gasteiger partial charge on any atom is -0.481 e. The van der Waals surface area contributed by atoms with Crippen molar-refractivity contribution >= 4 is 11.9 Å². The number of carboxylic acid groups (broad SMARTS) is 1. The summed E-state index contributed by atoms with van der Waals surface area (Å²) in [5.41, 5.74) is -0.892. The lowest BCUT2D eigenvalue weighted by Crippen LogP contribution is -2.56. The van der Waals surface area contributed by atoms with E-state index in [4.69, 9.17) is 9.47 Å². The van der Waals surface area contributed by atoms with Gasteiger partial charge in [0.05, 0.1) is 11.5 Å². The highest BCUT2D eigenvalue weighted by Gasteiger charge is 2.42. The van der Waals surface area contributed by atoms with Gasteiger partial charge in [-0.3, -0.25) is 9.59 Å². The van der Waals surface area contributed by atoms with Crippen LogP contribution in [0, 0.1) is 5.92 Å². The van der Waals surface area contributed by atoms with Gasteiger partial charge in [0.1, 0.15) is 0 Å². The van der Waals surface area contributed by atoms with E-state index < -0.39 is 42.7 Å². The Kier molecular flexibility index (Phi) is 6.56. The van der Waals surface area contributed by atoms with E-state index in [1.807, 2.05) is 0 Å². The number of halogens is 3. The number of carbonyl (C=O) groups excluding carboxylic acids is 1. The molecule has 27 heavy (non-hydrogen) atoms. The molecule has 0 bridgehead atoms. The number of amides is 1. The van der Waals surface area contributed by atoms with Crippen molar-refractivity contribution in [2.45, 2.75) is 44.3 Å². The summed E-state index contributed by atoms with van der Waals surface area (Å²) in [5, 5.41) is 12.1. The summed E-state index contributed by atoms with van der Waals surface area (Å²) in [4.78, 5) is 23.7. The number of nitrogens with one attached hydrogen (secondary N) is 1. The Bertz CT molecular complexity index is 679. The fourth-order valence-corrected chi connectivity index (χ4v) is 3.23. The predicted molar refractivity (Wildman–Crippen MR) is 89.6 cm³/mol. The van der Waals surface area contributed by atoms with Crippen molar-refractivity contribution in [1.82, 2.24) is 5.32 Å². The molecule has 1 aliphatic rings. The van der Waals surface area contributed by atoms with Gasteiger partial charge < -0.3 is 19.9 Å². The summed E-state index contributed by atoms with van der Waals surface area (Å²) in [6, 6.07) is 5.72. The second-order valence-corrected chi connectivity index (χ2v) is 6.74. The summed E-state index contributed by atoms with van der Waals surface area (Å²) in [7, 11) is 0. The van der Waals surface area contributed by atoms with Crippen LogP contribution in [0.1, 0.15) is 32.6 Å². The highest BCUT2D eigenvalue weighted by molar-refractivity contribution is 5.80. The Morgan fingerprint density at radius 2 is 1.85 bits per heavy atom.